The molecule has 4 aromatic carbocycles. The van der Waals surface area contributed by atoms with Gasteiger partial charge >= 0.3 is 6.09 Å². The molecule has 2 saturated heterocycles. The smallest absolute Gasteiger partial charge is 0.408 e. The number of ether oxygens (including phenoxy) is 1. The first-order valence-corrected chi connectivity index (χ1v) is 21.0. The molecule has 2 aliphatic rings. The standard InChI is InChI=1S/C28H35N3O3S.C17H16N2S/c1-27(2,3)23(30-26(33)34-28(4,5)6)25(32)31-16-10-15-22(31)24-29-21(17-35-24)20-14-9-12-18-11-7-8-13-19(18)20;1-2-7-13-12(5-1)6-3-8-14(13)16-11-20-17(19-16)15-9-4-10-18-15/h7-9,11-14,17,22-23H,10,15-16H2,1-6H3,(H,30,33);1-3,5-8,11,15,18H,4,9-10H2/t22-,23+;15-/m00/s1. The van der Waals surface area contributed by atoms with Gasteiger partial charge in [-0.25, -0.2) is 14.8 Å². The van der Waals surface area contributed by atoms with Crippen LogP contribution in [-0.2, 0) is 9.53 Å². The van der Waals surface area contributed by atoms with Crippen molar-refractivity contribution in [1.29, 1.82) is 0 Å². The Hall–Kier alpha value is -4.64. The van der Waals surface area contributed by atoms with Crippen LogP contribution in [0.4, 0.5) is 4.79 Å². The fourth-order valence-corrected chi connectivity index (χ4v) is 9.35. The van der Waals surface area contributed by atoms with Crippen molar-refractivity contribution in [2.45, 2.75) is 91.0 Å². The number of carbonyl (C=O) groups excluding carboxylic acids is 2. The van der Waals surface area contributed by atoms with Crippen LogP contribution >= 0.6 is 22.7 Å². The van der Waals surface area contributed by atoms with Gasteiger partial charge in [0.1, 0.15) is 21.7 Å². The zero-order chi connectivity index (χ0) is 38.7. The normalized spacial score (nSPS) is 17.9. The average molecular weight is 774 g/mol. The number of benzene rings is 4. The van der Waals surface area contributed by atoms with E-state index in [1.54, 1.807) is 22.7 Å². The number of nitrogens with one attached hydrogen (secondary N) is 2. The molecule has 0 spiro atoms. The lowest BCUT2D eigenvalue weighted by atomic mass is 9.85. The van der Waals surface area contributed by atoms with Gasteiger partial charge in [0.25, 0.3) is 0 Å². The molecule has 0 aliphatic carbocycles. The molecule has 0 bridgehead atoms. The molecule has 2 amide bonds. The highest BCUT2D eigenvalue weighted by molar-refractivity contribution is 7.10. The van der Waals surface area contributed by atoms with Crippen LogP contribution in [0.25, 0.3) is 44.1 Å². The van der Waals surface area contributed by atoms with E-state index in [4.69, 9.17) is 14.7 Å². The number of nitrogens with zero attached hydrogens (tertiary/aromatic N) is 3. The lowest BCUT2D eigenvalue weighted by molar-refractivity contribution is -0.137. The number of hydrogen-bond donors (Lipinski definition) is 2. The maximum absolute atomic E-state index is 13.8. The van der Waals surface area contributed by atoms with Gasteiger partial charge in [0.2, 0.25) is 5.91 Å². The van der Waals surface area contributed by atoms with Crippen molar-refractivity contribution < 1.29 is 14.3 Å². The van der Waals surface area contributed by atoms with E-state index in [9.17, 15) is 9.59 Å². The SMILES string of the molecule is CC(C)(C)OC(=O)N[C@H](C(=O)N1CCC[C@H]1c1nc(-c2cccc3ccccc23)cs1)C(C)(C)C.c1ccc2c(-c3csc([C@@H]4CCCN4)n3)cccc2c1. The molecule has 2 aliphatic heterocycles. The van der Waals surface area contributed by atoms with Gasteiger partial charge in [0.05, 0.1) is 23.5 Å². The highest BCUT2D eigenvalue weighted by Crippen LogP contribution is 2.39. The van der Waals surface area contributed by atoms with Crippen LogP contribution in [0.1, 0.15) is 89.3 Å². The molecule has 2 fully saturated rings. The molecule has 0 radical (unpaired) electrons. The molecule has 10 heteroatoms. The number of likely N-dealkylation sites (tertiary alicyclic amines) is 1. The van der Waals surface area contributed by atoms with Crippen molar-refractivity contribution in [2.75, 3.05) is 13.1 Å². The van der Waals surface area contributed by atoms with Gasteiger partial charge in [-0.05, 0) is 80.0 Å². The summed E-state index contributed by atoms with van der Waals surface area (Å²) in [6.07, 6.45) is 3.66. The number of rotatable bonds is 6. The third-order valence-corrected chi connectivity index (χ3v) is 12.0. The van der Waals surface area contributed by atoms with E-state index < -0.39 is 23.2 Å². The predicted molar refractivity (Wildman–Crippen MR) is 226 cm³/mol. The first-order chi connectivity index (χ1) is 26.4. The molecule has 4 heterocycles. The lowest BCUT2D eigenvalue weighted by Gasteiger charge is -2.35. The summed E-state index contributed by atoms with van der Waals surface area (Å²) in [6.45, 7) is 13.1. The highest BCUT2D eigenvalue weighted by Gasteiger charge is 2.41. The number of hydrogen-bond acceptors (Lipinski definition) is 8. The van der Waals surface area contributed by atoms with Gasteiger partial charge in [-0.2, -0.15) is 0 Å². The van der Waals surface area contributed by atoms with Crippen LogP contribution in [0.5, 0.6) is 0 Å². The van der Waals surface area contributed by atoms with E-state index in [-0.39, 0.29) is 11.9 Å². The van der Waals surface area contributed by atoms with E-state index in [2.05, 4.69) is 94.2 Å². The number of fused-ring (bicyclic) bond motifs is 2. The van der Waals surface area contributed by atoms with Gasteiger partial charge < -0.3 is 20.3 Å². The third-order valence-electron chi connectivity index (χ3n) is 10.1. The predicted octanol–water partition coefficient (Wildman–Crippen LogP) is 11.0. The molecule has 8 rings (SSSR count). The molecule has 0 unspecified atom stereocenters. The molecular formula is C45H51N5O3S2. The van der Waals surface area contributed by atoms with Crippen molar-refractivity contribution in [3.05, 3.63) is 106 Å². The second kappa shape index (κ2) is 16.2. The van der Waals surface area contributed by atoms with Gasteiger partial charge in [0, 0.05) is 28.4 Å². The number of thiazole rings is 2. The number of amides is 2. The monoisotopic (exact) mass is 773 g/mol. The van der Waals surface area contributed by atoms with Crippen molar-refractivity contribution in [3.8, 4) is 22.5 Å². The minimum absolute atomic E-state index is 0.0900. The topological polar surface area (TPSA) is 96.5 Å². The summed E-state index contributed by atoms with van der Waals surface area (Å²) in [4.78, 5) is 38.0. The maximum Gasteiger partial charge on any atom is 0.408 e. The van der Waals surface area contributed by atoms with Crippen molar-refractivity contribution in [3.63, 3.8) is 0 Å². The second-order valence-corrected chi connectivity index (χ2v) is 18.3. The minimum atomic E-state index is -0.699. The van der Waals surface area contributed by atoms with Crippen LogP contribution in [0.2, 0.25) is 0 Å². The number of aromatic nitrogens is 2. The Labute approximate surface area is 332 Å². The van der Waals surface area contributed by atoms with E-state index in [0.717, 1.165) is 41.3 Å². The Kier molecular flexibility index (Phi) is 11.4. The van der Waals surface area contributed by atoms with Gasteiger partial charge in [-0.1, -0.05) is 106 Å². The largest absolute Gasteiger partial charge is 0.444 e. The molecule has 8 nitrogen and oxygen atoms in total. The Bertz CT molecular complexity index is 2270. The Morgan fingerprint density at radius 3 is 1.89 bits per heavy atom. The maximum atomic E-state index is 13.8. The Balaban J connectivity index is 0.000000195. The average Bonchev–Trinajstić information content (AvgIpc) is 3.99. The van der Waals surface area contributed by atoms with Gasteiger partial charge in [-0.15, -0.1) is 22.7 Å². The summed E-state index contributed by atoms with van der Waals surface area (Å²) in [5.74, 6) is -0.0900. The summed E-state index contributed by atoms with van der Waals surface area (Å²) in [5, 5.41) is 17.7. The number of carbonyl (C=O) groups is 2. The second-order valence-electron chi connectivity index (χ2n) is 16.5. The quantitative estimate of drug-likeness (QED) is 0.175. The van der Waals surface area contributed by atoms with Crippen molar-refractivity contribution >= 4 is 56.2 Å². The first kappa shape index (κ1) is 38.6. The summed E-state index contributed by atoms with van der Waals surface area (Å²) >= 11 is 3.37. The Morgan fingerprint density at radius 1 is 0.764 bits per heavy atom. The molecule has 0 saturated carbocycles. The summed E-state index contributed by atoms with van der Waals surface area (Å²) in [6, 6.07) is 29.2. The van der Waals surface area contributed by atoms with Crippen LogP contribution in [0.15, 0.2) is 95.7 Å². The van der Waals surface area contributed by atoms with Crippen LogP contribution < -0.4 is 10.6 Å². The van der Waals surface area contributed by atoms with Crippen LogP contribution in [0.3, 0.4) is 0 Å². The molecule has 286 valence electrons. The molecule has 2 N–H and O–H groups in total. The fraction of sp³-hybridized carbons (Fsp3) is 0.378. The highest BCUT2D eigenvalue weighted by atomic mass is 32.1. The van der Waals surface area contributed by atoms with Crippen molar-refractivity contribution in [2.24, 2.45) is 5.41 Å². The molecule has 3 atom stereocenters. The first-order valence-electron chi connectivity index (χ1n) is 19.3. The van der Waals surface area contributed by atoms with Crippen molar-refractivity contribution in [1.82, 2.24) is 25.5 Å². The van der Waals surface area contributed by atoms with Gasteiger partial charge in [-0.3, -0.25) is 4.79 Å². The Morgan fingerprint density at radius 2 is 1.33 bits per heavy atom. The zero-order valence-electron chi connectivity index (χ0n) is 32.6. The molecule has 2 aromatic heterocycles. The van der Waals surface area contributed by atoms with Gasteiger partial charge in [0.15, 0.2) is 0 Å². The molecular weight excluding hydrogens is 723 g/mol. The van der Waals surface area contributed by atoms with Crippen LogP contribution in [0, 0.1) is 5.41 Å². The van der Waals surface area contributed by atoms with Crippen LogP contribution in [-0.4, -0.2) is 51.6 Å². The number of alkyl carbamates (subject to hydrolysis) is 1. The van der Waals surface area contributed by atoms with E-state index >= 15 is 0 Å². The summed E-state index contributed by atoms with van der Waals surface area (Å²) < 4.78 is 5.44. The van der Waals surface area contributed by atoms with E-state index in [1.165, 1.54) is 45.0 Å². The third kappa shape index (κ3) is 8.93. The molecule has 55 heavy (non-hydrogen) atoms. The fourth-order valence-electron chi connectivity index (χ4n) is 7.46. The summed E-state index contributed by atoms with van der Waals surface area (Å²) in [5.41, 5.74) is 3.27. The van der Waals surface area contributed by atoms with E-state index in [0.29, 0.717) is 12.6 Å². The molecule has 6 aromatic rings. The summed E-state index contributed by atoms with van der Waals surface area (Å²) in [7, 11) is 0. The minimum Gasteiger partial charge on any atom is -0.444 e. The zero-order valence-corrected chi connectivity index (χ0v) is 34.2. The lowest BCUT2D eigenvalue weighted by Crippen LogP contribution is -2.55. The van der Waals surface area contributed by atoms with E-state index in [1.807, 2.05) is 58.6 Å².